The highest BCUT2D eigenvalue weighted by Crippen LogP contribution is 2.27. The van der Waals surface area contributed by atoms with Crippen molar-refractivity contribution >= 4 is 0 Å². The maximum absolute atomic E-state index is 3.92. The fraction of sp³-hybridized carbons (Fsp3) is 1.00. The second-order valence-electron chi connectivity index (χ2n) is 5.55. The molecule has 0 radical (unpaired) electrons. The molecule has 2 nitrogen and oxygen atoms in total. The molecule has 2 aliphatic rings. The molecule has 0 spiro atoms. The van der Waals surface area contributed by atoms with Gasteiger partial charge in [-0.2, -0.15) is 0 Å². The second-order valence-corrected chi connectivity index (χ2v) is 5.55. The summed E-state index contributed by atoms with van der Waals surface area (Å²) in [6.07, 6.45) is 9.63. The van der Waals surface area contributed by atoms with Crippen LogP contribution in [0, 0.1) is 0 Å². The Hall–Kier alpha value is -0.0800. The first kappa shape index (κ1) is 12.4. The molecule has 2 heterocycles. The highest BCUT2D eigenvalue weighted by Gasteiger charge is 2.35. The van der Waals surface area contributed by atoms with Gasteiger partial charge in [-0.25, -0.2) is 0 Å². The number of rotatable bonds is 5. The van der Waals surface area contributed by atoms with Crippen molar-refractivity contribution in [2.24, 2.45) is 0 Å². The van der Waals surface area contributed by atoms with E-state index in [1.165, 1.54) is 58.0 Å². The van der Waals surface area contributed by atoms with Crippen molar-refractivity contribution in [2.45, 2.75) is 76.9 Å². The highest BCUT2D eigenvalue weighted by atomic mass is 15.2. The van der Waals surface area contributed by atoms with E-state index in [9.17, 15) is 0 Å². The zero-order valence-electron chi connectivity index (χ0n) is 11.0. The molecule has 0 saturated carbocycles. The molecular weight excluding hydrogens is 196 g/mol. The molecule has 1 N–H and O–H groups in total. The third kappa shape index (κ3) is 2.78. The van der Waals surface area contributed by atoms with Crippen molar-refractivity contribution in [3.05, 3.63) is 0 Å². The molecule has 2 saturated heterocycles. The first-order valence-corrected chi connectivity index (χ1v) is 7.35. The summed E-state index contributed by atoms with van der Waals surface area (Å²) in [5, 5.41) is 3.92. The highest BCUT2D eigenvalue weighted by molar-refractivity contribution is 4.95. The van der Waals surface area contributed by atoms with E-state index in [1.54, 1.807) is 0 Å². The summed E-state index contributed by atoms with van der Waals surface area (Å²) in [4.78, 5) is 2.72. The van der Waals surface area contributed by atoms with Crippen LogP contribution < -0.4 is 5.32 Å². The van der Waals surface area contributed by atoms with Crippen molar-refractivity contribution in [3.63, 3.8) is 0 Å². The lowest BCUT2D eigenvalue weighted by Gasteiger charge is -2.34. The average molecular weight is 224 g/mol. The third-order valence-corrected chi connectivity index (χ3v) is 4.44. The van der Waals surface area contributed by atoms with E-state index < -0.39 is 0 Å². The van der Waals surface area contributed by atoms with E-state index in [2.05, 4.69) is 24.1 Å². The number of nitrogens with zero attached hydrogens (tertiary/aromatic N) is 1. The van der Waals surface area contributed by atoms with Gasteiger partial charge in [0.1, 0.15) is 0 Å². The minimum absolute atomic E-state index is 0.761. The Morgan fingerprint density at radius 2 is 2.06 bits per heavy atom. The summed E-state index contributed by atoms with van der Waals surface area (Å²) in [5.74, 6) is 0. The van der Waals surface area contributed by atoms with Gasteiger partial charge in [0.2, 0.25) is 0 Å². The van der Waals surface area contributed by atoms with Crippen molar-refractivity contribution in [2.75, 3.05) is 13.1 Å². The molecule has 2 fully saturated rings. The standard InChI is InChI=1S/C14H28N2/c1-3-7-12(4-2)15-13-9-11-16-10-6-5-8-14(13)16/h12-15H,3-11H2,1-2H3. The molecule has 0 aromatic rings. The lowest BCUT2D eigenvalue weighted by Crippen LogP contribution is -2.48. The smallest absolute Gasteiger partial charge is 0.0249 e. The van der Waals surface area contributed by atoms with Crippen LogP contribution in [0.3, 0.4) is 0 Å². The number of fused-ring (bicyclic) bond motifs is 1. The summed E-state index contributed by atoms with van der Waals surface area (Å²) < 4.78 is 0. The van der Waals surface area contributed by atoms with Gasteiger partial charge in [-0.15, -0.1) is 0 Å². The lowest BCUT2D eigenvalue weighted by molar-refractivity contribution is 0.175. The van der Waals surface area contributed by atoms with Gasteiger partial charge in [0.15, 0.2) is 0 Å². The van der Waals surface area contributed by atoms with Crippen LogP contribution >= 0.6 is 0 Å². The van der Waals surface area contributed by atoms with E-state index in [0.717, 1.165) is 18.1 Å². The van der Waals surface area contributed by atoms with Gasteiger partial charge in [-0.1, -0.05) is 26.7 Å². The normalized spacial score (nSPS) is 32.6. The summed E-state index contributed by atoms with van der Waals surface area (Å²) in [6, 6.07) is 2.41. The number of piperidine rings is 1. The Morgan fingerprint density at radius 1 is 1.19 bits per heavy atom. The van der Waals surface area contributed by atoms with Gasteiger partial charge in [0.05, 0.1) is 0 Å². The van der Waals surface area contributed by atoms with Gasteiger partial charge in [0, 0.05) is 24.7 Å². The van der Waals surface area contributed by atoms with Gasteiger partial charge in [-0.05, 0) is 38.6 Å². The van der Waals surface area contributed by atoms with Crippen molar-refractivity contribution in [1.29, 1.82) is 0 Å². The maximum Gasteiger partial charge on any atom is 0.0249 e. The van der Waals surface area contributed by atoms with Gasteiger partial charge in [0.25, 0.3) is 0 Å². The Morgan fingerprint density at radius 3 is 2.81 bits per heavy atom. The fourth-order valence-electron chi connectivity index (χ4n) is 3.50. The van der Waals surface area contributed by atoms with Crippen molar-refractivity contribution in [1.82, 2.24) is 10.2 Å². The molecule has 0 aromatic heterocycles. The zero-order valence-corrected chi connectivity index (χ0v) is 11.0. The number of nitrogens with one attached hydrogen (secondary N) is 1. The Bertz CT molecular complexity index is 205. The number of hydrogen-bond donors (Lipinski definition) is 1. The van der Waals surface area contributed by atoms with Gasteiger partial charge < -0.3 is 5.32 Å². The van der Waals surface area contributed by atoms with E-state index in [1.807, 2.05) is 0 Å². The van der Waals surface area contributed by atoms with Gasteiger partial charge >= 0.3 is 0 Å². The molecule has 3 unspecified atom stereocenters. The Kier molecular flexibility index (Phi) is 4.66. The molecule has 2 rings (SSSR count). The maximum atomic E-state index is 3.92. The number of hydrogen-bond acceptors (Lipinski definition) is 2. The molecule has 3 atom stereocenters. The zero-order chi connectivity index (χ0) is 11.4. The van der Waals surface area contributed by atoms with E-state index in [-0.39, 0.29) is 0 Å². The monoisotopic (exact) mass is 224 g/mol. The minimum Gasteiger partial charge on any atom is -0.310 e. The predicted octanol–water partition coefficient (Wildman–Crippen LogP) is 2.78. The quantitative estimate of drug-likeness (QED) is 0.772. The lowest BCUT2D eigenvalue weighted by atomic mass is 9.97. The molecular formula is C14H28N2. The molecule has 0 aromatic carbocycles. The SMILES string of the molecule is CCCC(CC)NC1CCN2CCCCC12. The van der Waals surface area contributed by atoms with Crippen LogP contribution in [0.25, 0.3) is 0 Å². The molecule has 0 aliphatic carbocycles. The van der Waals surface area contributed by atoms with Crippen molar-refractivity contribution in [3.8, 4) is 0 Å². The molecule has 16 heavy (non-hydrogen) atoms. The van der Waals surface area contributed by atoms with Crippen LogP contribution in [-0.2, 0) is 0 Å². The van der Waals surface area contributed by atoms with Crippen LogP contribution in [0.2, 0.25) is 0 Å². The topological polar surface area (TPSA) is 15.3 Å². The summed E-state index contributed by atoms with van der Waals surface area (Å²) >= 11 is 0. The Balaban J connectivity index is 1.84. The summed E-state index contributed by atoms with van der Waals surface area (Å²) in [6.45, 7) is 7.31. The minimum atomic E-state index is 0.761. The van der Waals surface area contributed by atoms with Crippen LogP contribution in [0.1, 0.15) is 58.8 Å². The first-order chi connectivity index (χ1) is 7.85. The van der Waals surface area contributed by atoms with Crippen LogP contribution in [0.4, 0.5) is 0 Å². The molecule has 2 aliphatic heterocycles. The molecule has 0 amide bonds. The van der Waals surface area contributed by atoms with Crippen LogP contribution in [-0.4, -0.2) is 36.1 Å². The molecule has 2 heteroatoms. The summed E-state index contributed by atoms with van der Waals surface area (Å²) in [7, 11) is 0. The third-order valence-electron chi connectivity index (χ3n) is 4.44. The second kappa shape index (κ2) is 6.02. The Labute approximate surface area is 101 Å². The largest absolute Gasteiger partial charge is 0.310 e. The van der Waals surface area contributed by atoms with Gasteiger partial charge in [-0.3, -0.25) is 4.90 Å². The average Bonchev–Trinajstić information content (AvgIpc) is 2.72. The summed E-state index contributed by atoms with van der Waals surface area (Å²) in [5.41, 5.74) is 0. The fourth-order valence-corrected chi connectivity index (χ4v) is 3.50. The van der Waals surface area contributed by atoms with E-state index in [4.69, 9.17) is 0 Å². The predicted molar refractivity (Wildman–Crippen MR) is 69.7 cm³/mol. The molecule has 94 valence electrons. The van der Waals surface area contributed by atoms with E-state index >= 15 is 0 Å². The molecule has 0 bridgehead atoms. The van der Waals surface area contributed by atoms with Crippen LogP contribution in [0.5, 0.6) is 0 Å². The van der Waals surface area contributed by atoms with E-state index in [0.29, 0.717) is 0 Å². The van der Waals surface area contributed by atoms with Crippen LogP contribution in [0.15, 0.2) is 0 Å². The first-order valence-electron chi connectivity index (χ1n) is 7.35. The van der Waals surface area contributed by atoms with Crippen molar-refractivity contribution < 1.29 is 0 Å².